The molecule has 594 valence electrons. The second kappa shape index (κ2) is 60.2. The van der Waals surface area contributed by atoms with Crippen molar-refractivity contribution in [3.05, 3.63) is 30.3 Å². The molecule has 1 saturated heterocycles. The number of hydrogen-bond donors (Lipinski definition) is 0. The summed E-state index contributed by atoms with van der Waals surface area (Å²) in [6.07, 6.45) is 24.0. The molecule has 1 aliphatic rings. The van der Waals surface area contributed by atoms with E-state index in [1.54, 1.807) is 90.0 Å². The predicted molar refractivity (Wildman–Crippen MR) is 408 cm³/mol. The number of carbonyl (C=O) groups excluding carboxylic acids is 7. The van der Waals surface area contributed by atoms with Gasteiger partial charge in [0.1, 0.15) is 0 Å². The first kappa shape index (κ1) is 103. The van der Waals surface area contributed by atoms with Gasteiger partial charge >= 0.3 is 56.3 Å². The van der Waals surface area contributed by atoms with Gasteiger partial charge in [0.05, 0.1) is 67.3 Å². The van der Waals surface area contributed by atoms with Gasteiger partial charge in [-0.2, -0.15) is 0 Å². The largest absolute Gasteiger partial charge is 0.500 e. The Labute approximate surface area is 617 Å². The molecule has 0 radical (unpaired) electrons. The lowest BCUT2D eigenvalue weighted by atomic mass is 9.91. The molecule has 1 aliphatic heterocycles. The average molecular weight is 1500 g/mol. The molecule has 0 N–H and O–H groups in total. The molecule has 0 aliphatic carbocycles. The van der Waals surface area contributed by atoms with E-state index in [1.165, 1.54) is 44.1 Å². The van der Waals surface area contributed by atoms with Crippen molar-refractivity contribution < 1.29 is 97.1 Å². The maximum Gasteiger partial charge on any atom is 0.500 e. The molecule has 1 aromatic rings. The van der Waals surface area contributed by atoms with Gasteiger partial charge in [0.2, 0.25) is 11.8 Å². The van der Waals surface area contributed by atoms with E-state index < -0.39 is 26.4 Å². The molecule has 1 aromatic carbocycles. The molecule has 0 saturated carbocycles. The highest BCUT2D eigenvalue weighted by Crippen LogP contribution is 2.31. The van der Waals surface area contributed by atoms with Crippen molar-refractivity contribution in [2.75, 3.05) is 102 Å². The number of benzene rings is 1. The number of esters is 5. The first-order valence-corrected chi connectivity index (χ1v) is 43.1. The Morgan fingerprint density at radius 3 is 0.891 bits per heavy atom. The Bertz CT molecular complexity index is 2180. The highest BCUT2D eigenvalue weighted by atomic mass is 28.4. The third-order valence-electron chi connectivity index (χ3n) is 18.9. The second-order valence-corrected chi connectivity index (χ2v) is 36.7. The summed E-state index contributed by atoms with van der Waals surface area (Å²) in [5, 5.41) is 0. The minimum atomic E-state index is -2.39. The number of amides is 2. The number of anilines is 1. The maximum absolute atomic E-state index is 11.8. The van der Waals surface area contributed by atoms with Crippen LogP contribution in [0.5, 0.6) is 0 Å². The van der Waals surface area contributed by atoms with Crippen molar-refractivity contribution in [1.82, 2.24) is 0 Å². The van der Waals surface area contributed by atoms with Gasteiger partial charge in [0.25, 0.3) is 0 Å². The average Bonchev–Trinajstić information content (AvgIpc) is 1.65. The molecule has 22 nitrogen and oxygen atoms in total. The predicted octanol–water partition coefficient (Wildman–Crippen LogP) is 17.2. The van der Waals surface area contributed by atoms with Crippen LogP contribution in [-0.2, 0) is 97.1 Å². The van der Waals surface area contributed by atoms with E-state index in [4.69, 9.17) is 58.8 Å². The van der Waals surface area contributed by atoms with E-state index in [2.05, 4.69) is 4.74 Å². The normalized spacial score (nSPS) is 14.5. The number of nitrogens with zero attached hydrogens (tertiary/aromatic N) is 1. The van der Waals surface area contributed by atoms with Gasteiger partial charge in [-0.25, -0.2) is 0 Å². The van der Waals surface area contributed by atoms with Gasteiger partial charge in [-0.15, -0.1) is 0 Å². The first-order valence-electron chi connectivity index (χ1n) is 37.3. The summed E-state index contributed by atoms with van der Waals surface area (Å²) < 4.78 is 73.8. The highest BCUT2D eigenvalue weighted by Gasteiger charge is 2.43. The molecule has 1 fully saturated rings. The van der Waals surface area contributed by atoms with Crippen molar-refractivity contribution in [2.24, 2.45) is 39.9 Å². The molecule has 25 heteroatoms. The van der Waals surface area contributed by atoms with Crippen LogP contribution in [0.4, 0.5) is 5.69 Å². The van der Waals surface area contributed by atoms with Crippen LogP contribution in [0.3, 0.4) is 0 Å². The number of carbonyl (C=O) groups is 7. The van der Waals surface area contributed by atoms with Crippen LogP contribution in [0.2, 0.25) is 18.1 Å². The van der Waals surface area contributed by atoms with Crippen LogP contribution >= 0.6 is 0 Å². The molecule has 101 heavy (non-hydrogen) atoms. The Balaban J connectivity index is -0.000000575. The number of ether oxygens (including phenoxy) is 5. The smallest absolute Gasteiger partial charge is 0.469 e. The van der Waals surface area contributed by atoms with Crippen LogP contribution < -0.4 is 4.90 Å². The minimum absolute atomic E-state index is 0.0202. The molecule has 2 amide bonds. The summed E-state index contributed by atoms with van der Waals surface area (Å²) in [6, 6.07) is 11.7. The van der Waals surface area contributed by atoms with Gasteiger partial charge in [-0.1, -0.05) is 158 Å². The van der Waals surface area contributed by atoms with Crippen LogP contribution in [-0.4, -0.2) is 166 Å². The Hall–Kier alpha value is -4.00. The van der Waals surface area contributed by atoms with E-state index in [9.17, 15) is 33.6 Å². The van der Waals surface area contributed by atoms with Gasteiger partial charge in [0.15, 0.2) is 0 Å². The van der Waals surface area contributed by atoms with E-state index in [-0.39, 0.29) is 81.6 Å². The Kier molecular flexibility index (Phi) is 61.6. The highest BCUT2D eigenvalue weighted by molar-refractivity contribution is 6.61. The van der Waals surface area contributed by atoms with Crippen LogP contribution in [0.25, 0.3) is 0 Å². The molecule has 4 atom stereocenters. The lowest BCUT2D eigenvalue weighted by Crippen LogP contribution is -2.42. The monoisotopic (exact) mass is 1490 g/mol. The van der Waals surface area contributed by atoms with Gasteiger partial charge in [-0.05, 0) is 131 Å². The fourth-order valence-electron chi connectivity index (χ4n) is 9.26. The van der Waals surface area contributed by atoms with Crippen molar-refractivity contribution in [1.29, 1.82) is 0 Å². The second-order valence-electron chi connectivity index (χ2n) is 27.4. The van der Waals surface area contributed by atoms with E-state index in [0.29, 0.717) is 32.1 Å². The zero-order chi connectivity index (χ0) is 78.2. The summed E-state index contributed by atoms with van der Waals surface area (Å²) in [5.41, 5.74) is -0.311. The molecule has 4 unspecified atom stereocenters. The van der Waals surface area contributed by atoms with Crippen LogP contribution in [0, 0.1) is 39.9 Å². The number of para-hydroxylation sites is 1. The molecule has 2 rings (SSSR count). The minimum Gasteiger partial charge on any atom is -0.469 e. The number of imide groups is 1. The van der Waals surface area contributed by atoms with E-state index in [1.807, 2.05) is 115 Å². The number of rotatable bonds is 48. The molecular formula is C76H147NO21Si3. The number of methoxy groups -OCH3 is 1. The lowest BCUT2D eigenvalue weighted by Gasteiger charge is -2.24. The summed E-state index contributed by atoms with van der Waals surface area (Å²) in [5.74, 6) is -1.03. The zero-order valence-electron chi connectivity index (χ0n) is 68.4. The number of unbranched alkanes of at least 4 members (excludes halogenated alkanes) is 15. The zero-order valence-corrected chi connectivity index (χ0v) is 71.4. The summed E-state index contributed by atoms with van der Waals surface area (Å²) in [4.78, 5) is 81.6. The van der Waals surface area contributed by atoms with E-state index in [0.717, 1.165) is 134 Å². The molecular weight excluding hydrogens is 1350 g/mol. The summed E-state index contributed by atoms with van der Waals surface area (Å²) in [6.45, 7) is 32.7. The SMILES string of the molecule is CC1C(=O)N(c2ccccc2)C(=O)C1C.CCC(C)(C)C(=O)OC.CCC(C)(C)C(=O)OCCCCCCCC[Si](OC)(OC)OC.CCC(C)C(=O)OCCCCCCCC[Si](OC)(OC)OC.CCC(C)C(=O)OCCCCCCCC[Si](OC)(OC)OC.CCOC(=O)C(C)(C)CC. The van der Waals surface area contributed by atoms with Gasteiger partial charge < -0.3 is 63.5 Å². The van der Waals surface area contributed by atoms with Crippen molar-refractivity contribution in [3.8, 4) is 0 Å². The standard InChI is InChI=1S/C17H36O5Si.2C16H34O5Si.C12H13NO2.C8H16O2.C7H14O2/c1-7-17(2,3)16(18)22-14-12-10-8-9-11-13-15-23(19-4,20-5)21-6;2*1-6-15(2)16(17)21-13-11-9-7-8-10-12-14-22(18-3,19-4)20-5;1-8-9(2)12(15)13(11(8)14)10-6-4-3-5-7-10;1-5-8(3,4)7(9)10-6-2;1-5-7(2,3)6(8)9-4/h7-15H2,1-6H3;2*15H,6-14H2,1-5H3;3-9H,1-2H3;5-6H2,1-4H3;5H2,1-4H3. The van der Waals surface area contributed by atoms with Crippen molar-refractivity contribution in [2.45, 2.75) is 277 Å². The molecule has 0 aromatic heterocycles. The fraction of sp³-hybridized carbons (Fsp3) is 0.829. The maximum atomic E-state index is 11.8. The molecule has 0 bridgehead atoms. The Morgan fingerprint density at radius 2 is 0.644 bits per heavy atom. The third-order valence-corrected chi connectivity index (χ3v) is 27.4. The summed E-state index contributed by atoms with van der Waals surface area (Å²) >= 11 is 0. The lowest BCUT2D eigenvalue weighted by molar-refractivity contribution is -0.154. The van der Waals surface area contributed by atoms with Gasteiger partial charge in [0, 0.05) is 94.0 Å². The quantitative estimate of drug-likeness (QED) is 0.0193. The Morgan fingerprint density at radius 1 is 0.386 bits per heavy atom. The van der Waals surface area contributed by atoms with Crippen LogP contribution in [0.15, 0.2) is 30.3 Å². The van der Waals surface area contributed by atoms with E-state index >= 15 is 0 Å². The van der Waals surface area contributed by atoms with Crippen molar-refractivity contribution >= 4 is 73.8 Å². The third kappa shape index (κ3) is 44.5. The molecule has 0 spiro atoms. The van der Waals surface area contributed by atoms with Crippen molar-refractivity contribution in [3.63, 3.8) is 0 Å². The molecule has 1 heterocycles. The van der Waals surface area contributed by atoms with Crippen LogP contribution in [0.1, 0.15) is 258 Å². The topological polar surface area (TPSA) is 252 Å². The van der Waals surface area contributed by atoms with Gasteiger partial charge in [-0.3, -0.25) is 38.5 Å². The summed E-state index contributed by atoms with van der Waals surface area (Å²) in [7, 11) is 9.14. The fourth-order valence-corrected chi connectivity index (χ4v) is 14.6. The first-order chi connectivity index (χ1) is 47.7. The number of hydrogen-bond acceptors (Lipinski definition) is 21.